The summed E-state index contributed by atoms with van der Waals surface area (Å²) in [6, 6.07) is 9.44. The van der Waals surface area contributed by atoms with E-state index in [0.29, 0.717) is 18.8 Å². The van der Waals surface area contributed by atoms with E-state index in [1.54, 1.807) is 18.2 Å². The van der Waals surface area contributed by atoms with Crippen LogP contribution >= 0.6 is 0 Å². The van der Waals surface area contributed by atoms with E-state index in [1.165, 1.54) is 50.5 Å². The van der Waals surface area contributed by atoms with Crippen LogP contribution in [0.1, 0.15) is 23.6 Å². The van der Waals surface area contributed by atoms with E-state index in [1.807, 2.05) is 0 Å². The van der Waals surface area contributed by atoms with Crippen LogP contribution in [0.15, 0.2) is 48.0 Å². The van der Waals surface area contributed by atoms with Crippen LogP contribution in [0.2, 0.25) is 0 Å². The fraction of sp³-hybridized carbons (Fsp3) is 0.304. The zero-order chi connectivity index (χ0) is 22.5. The molecule has 1 atom stereocenters. The number of rotatable bonds is 8. The average molecular weight is 429 g/mol. The number of aliphatic hydroxyl groups excluding tert-OH is 1. The SMILES string of the molecule is COCCCN1C(=O)C(=O)/C(=C(/O)c2ccc(OC)cc2OC)C1c1ccccc1F. The first kappa shape index (κ1) is 22.3. The molecular weight excluding hydrogens is 405 g/mol. The molecule has 164 valence electrons. The number of benzene rings is 2. The second-order valence-corrected chi connectivity index (χ2v) is 6.93. The molecule has 3 rings (SSSR count). The number of carbonyl (C=O) groups excluding carboxylic acids is 2. The van der Waals surface area contributed by atoms with Crippen molar-refractivity contribution in [3.8, 4) is 11.5 Å². The number of aliphatic hydroxyl groups is 1. The lowest BCUT2D eigenvalue weighted by Crippen LogP contribution is -2.31. The fourth-order valence-electron chi connectivity index (χ4n) is 3.65. The van der Waals surface area contributed by atoms with Gasteiger partial charge in [-0.3, -0.25) is 9.59 Å². The highest BCUT2D eigenvalue weighted by Crippen LogP contribution is 2.42. The predicted octanol–water partition coefficient (Wildman–Crippen LogP) is 3.30. The monoisotopic (exact) mass is 429 g/mol. The van der Waals surface area contributed by atoms with Crippen LogP contribution in [0.4, 0.5) is 4.39 Å². The van der Waals surface area contributed by atoms with Crippen molar-refractivity contribution in [3.63, 3.8) is 0 Å². The van der Waals surface area contributed by atoms with E-state index in [0.717, 1.165) is 0 Å². The predicted molar refractivity (Wildman–Crippen MR) is 111 cm³/mol. The number of methoxy groups -OCH3 is 3. The summed E-state index contributed by atoms with van der Waals surface area (Å²) in [5.41, 5.74) is 0.114. The van der Waals surface area contributed by atoms with Crippen molar-refractivity contribution in [1.82, 2.24) is 4.90 Å². The lowest BCUT2D eigenvalue weighted by atomic mass is 9.94. The molecule has 0 aromatic heterocycles. The Morgan fingerprint density at radius 1 is 1.10 bits per heavy atom. The highest BCUT2D eigenvalue weighted by Gasteiger charge is 2.46. The van der Waals surface area contributed by atoms with Crippen molar-refractivity contribution in [2.75, 3.05) is 34.5 Å². The van der Waals surface area contributed by atoms with Crippen LogP contribution < -0.4 is 9.47 Å². The summed E-state index contributed by atoms with van der Waals surface area (Å²) in [5, 5.41) is 11.1. The molecular formula is C23H24FNO6. The van der Waals surface area contributed by atoms with E-state index < -0.39 is 29.3 Å². The number of Topliss-reactive ketones (excluding diaryl/α,β-unsaturated/α-hetero) is 1. The first-order valence-corrected chi connectivity index (χ1v) is 9.68. The number of amides is 1. The summed E-state index contributed by atoms with van der Waals surface area (Å²) >= 11 is 0. The smallest absolute Gasteiger partial charge is 0.295 e. The Balaban J connectivity index is 2.19. The maximum absolute atomic E-state index is 14.7. The van der Waals surface area contributed by atoms with Crippen molar-refractivity contribution in [1.29, 1.82) is 0 Å². The quantitative estimate of drug-likeness (QED) is 0.300. The molecule has 7 nitrogen and oxygen atoms in total. The van der Waals surface area contributed by atoms with Gasteiger partial charge >= 0.3 is 0 Å². The van der Waals surface area contributed by atoms with Gasteiger partial charge in [0.1, 0.15) is 23.1 Å². The molecule has 1 unspecified atom stereocenters. The van der Waals surface area contributed by atoms with Crippen molar-refractivity contribution in [2.45, 2.75) is 12.5 Å². The number of ketones is 1. The van der Waals surface area contributed by atoms with Gasteiger partial charge in [0, 0.05) is 31.9 Å². The number of halogens is 1. The van der Waals surface area contributed by atoms with Crippen LogP contribution in [0.25, 0.3) is 5.76 Å². The third kappa shape index (κ3) is 4.25. The molecule has 2 aromatic carbocycles. The van der Waals surface area contributed by atoms with E-state index >= 15 is 0 Å². The Bertz CT molecular complexity index is 1020. The topological polar surface area (TPSA) is 85.3 Å². The molecule has 31 heavy (non-hydrogen) atoms. The molecule has 0 aliphatic carbocycles. The summed E-state index contributed by atoms with van der Waals surface area (Å²) in [6.45, 7) is 0.521. The molecule has 1 saturated heterocycles. The van der Waals surface area contributed by atoms with Gasteiger partial charge < -0.3 is 24.2 Å². The Morgan fingerprint density at radius 2 is 1.84 bits per heavy atom. The Hall–Kier alpha value is -3.39. The third-order valence-corrected chi connectivity index (χ3v) is 5.15. The molecule has 1 amide bonds. The number of carbonyl (C=O) groups is 2. The number of nitrogens with zero attached hydrogens (tertiary/aromatic N) is 1. The minimum Gasteiger partial charge on any atom is -0.507 e. The van der Waals surface area contributed by atoms with Crippen molar-refractivity contribution < 1.29 is 33.3 Å². The second kappa shape index (κ2) is 9.61. The van der Waals surface area contributed by atoms with E-state index in [9.17, 15) is 19.1 Å². The molecule has 0 saturated carbocycles. The first-order valence-electron chi connectivity index (χ1n) is 9.68. The highest BCUT2D eigenvalue weighted by molar-refractivity contribution is 6.46. The number of hydrogen-bond donors (Lipinski definition) is 1. The first-order chi connectivity index (χ1) is 14.9. The maximum Gasteiger partial charge on any atom is 0.295 e. The summed E-state index contributed by atoms with van der Waals surface area (Å²) in [5.74, 6) is -1.99. The number of ether oxygens (including phenoxy) is 3. The van der Waals surface area contributed by atoms with E-state index in [4.69, 9.17) is 14.2 Å². The molecule has 0 spiro atoms. The standard InChI is InChI=1S/C23H24FNO6/c1-29-12-6-11-25-20(15-7-4-5-8-17(15)24)19(22(27)23(25)28)21(26)16-10-9-14(30-2)13-18(16)31-3/h4-5,7-10,13,20,26H,6,11-12H2,1-3H3/b21-19+. The summed E-state index contributed by atoms with van der Waals surface area (Å²) in [7, 11) is 4.42. The van der Waals surface area contributed by atoms with E-state index in [2.05, 4.69) is 0 Å². The van der Waals surface area contributed by atoms with Crippen LogP contribution in [-0.2, 0) is 14.3 Å². The van der Waals surface area contributed by atoms with Gasteiger partial charge in [0.15, 0.2) is 0 Å². The molecule has 1 N–H and O–H groups in total. The molecule has 1 aliphatic rings. The summed E-state index contributed by atoms with van der Waals surface area (Å²) in [6.07, 6.45) is 0.445. The second-order valence-electron chi connectivity index (χ2n) is 6.93. The lowest BCUT2D eigenvalue weighted by Gasteiger charge is -2.25. The Morgan fingerprint density at radius 3 is 2.48 bits per heavy atom. The van der Waals surface area contributed by atoms with Crippen molar-refractivity contribution in [2.24, 2.45) is 0 Å². The van der Waals surface area contributed by atoms with Crippen LogP contribution in [0.3, 0.4) is 0 Å². The Labute approximate surface area is 179 Å². The lowest BCUT2D eigenvalue weighted by molar-refractivity contribution is -0.140. The van der Waals surface area contributed by atoms with Gasteiger partial charge in [0.2, 0.25) is 0 Å². The van der Waals surface area contributed by atoms with Crippen LogP contribution in [0.5, 0.6) is 11.5 Å². The van der Waals surface area contributed by atoms with Gasteiger partial charge in [0.05, 0.1) is 31.4 Å². The van der Waals surface area contributed by atoms with Crippen LogP contribution in [0, 0.1) is 5.82 Å². The van der Waals surface area contributed by atoms with Crippen molar-refractivity contribution in [3.05, 3.63) is 65.0 Å². The summed E-state index contributed by atoms with van der Waals surface area (Å²) < 4.78 is 30.3. The summed E-state index contributed by atoms with van der Waals surface area (Å²) in [4.78, 5) is 27.0. The van der Waals surface area contributed by atoms with Gasteiger partial charge in [-0.25, -0.2) is 4.39 Å². The maximum atomic E-state index is 14.7. The number of likely N-dealkylation sites (tertiary alicyclic amines) is 1. The molecule has 8 heteroatoms. The third-order valence-electron chi connectivity index (χ3n) is 5.15. The van der Waals surface area contributed by atoms with Gasteiger partial charge in [-0.2, -0.15) is 0 Å². The molecule has 0 radical (unpaired) electrons. The molecule has 2 aromatic rings. The minimum atomic E-state index is -1.08. The largest absolute Gasteiger partial charge is 0.507 e. The van der Waals surface area contributed by atoms with Gasteiger partial charge in [0.25, 0.3) is 11.7 Å². The van der Waals surface area contributed by atoms with Gasteiger partial charge in [-0.05, 0) is 24.6 Å². The minimum absolute atomic E-state index is 0.119. The zero-order valence-electron chi connectivity index (χ0n) is 17.6. The van der Waals surface area contributed by atoms with Gasteiger partial charge in [-0.15, -0.1) is 0 Å². The number of hydrogen-bond acceptors (Lipinski definition) is 6. The van der Waals surface area contributed by atoms with Crippen LogP contribution in [-0.4, -0.2) is 56.2 Å². The normalized spacial score (nSPS) is 17.8. The van der Waals surface area contributed by atoms with Crippen molar-refractivity contribution >= 4 is 17.4 Å². The zero-order valence-corrected chi connectivity index (χ0v) is 17.6. The van der Waals surface area contributed by atoms with E-state index in [-0.39, 0.29) is 29.0 Å². The Kier molecular flexibility index (Phi) is 6.91. The highest BCUT2D eigenvalue weighted by atomic mass is 19.1. The molecule has 1 fully saturated rings. The molecule has 0 bridgehead atoms. The fourth-order valence-corrected chi connectivity index (χ4v) is 3.65. The molecule has 1 aliphatic heterocycles. The average Bonchev–Trinajstić information content (AvgIpc) is 3.03. The van der Waals surface area contributed by atoms with Gasteiger partial charge in [-0.1, -0.05) is 18.2 Å². The molecule has 1 heterocycles.